The molecule has 2 aromatic carbocycles. The molecule has 3 aromatic rings. The minimum atomic E-state index is -0.218. The van der Waals surface area contributed by atoms with Crippen LogP contribution in [0, 0.1) is 24.2 Å². The first-order chi connectivity index (χ1) is 15.1. The minimum absolute atomic E-state index is 0.0320. The number of aromatic nitrogens is 2. The molecule has 4 rings (SSSR count). The van der Waals surface area contributed by atoms with Crippen molar-refractivity contribution < 1.29 is 9.90 Å². The average Bonchev–Trinajstić information content (AvgIpc) is 3.20. The first-order valence-corrected chi connectivity index (χ1v) is 11.2. The van der Waals surface area contributed by atoms with Gasteiger partial charge in [0.2, 0.25) is 5.91 Å². The fourth-order valence-electron chi connectivity index (χ4n) is 4.71. The molecule has 0 radical (unpaired) electrons. The van der Waals surface area contributed by atoms with Crippen LogP contribution in [0.4, 0.5) is 5.82 Å². The Morgan fingerprint density at radius 3 is 2.66 bits per heavy atom. The van der Waals surface area contributed by atoms with Gasteiger partial charge in [0.15, 0.2) is 5.82 Å². The third kappa shape index (κ3) is 4.54. The van der Waals surface area contributed by atoms with Gasteiger partial charge in [-0.05, 0) is 60.9 Å². The summed E-state index contributed by atoms with van der Waals surface area (Å²) in [6, 6.07) is 13.3. The average molecular weight is 433 g/mol. The maximum atomic E-state index is 12.3. The molecule has 168 valence electrons. The number of hydrogen-bond donors (Lipinski definition) is 2. The van der Waals surface area contributed by atoms with Crippen LogP contribution in [0.3, 0.4) is 0 Å². The molecule has 0 aliphatic carbocycles. The summed E-state index contributed by atoms with van der Waals surface area (Å²) >= 11 is 0. The lowest BCUT2D eigenvalue weighted by atomic mass is 9.78. The maximum Gasteiger partial charge on any atom is 0.220 e. The molecular formula is C26H32N4O2. The van der Waals surface area contributed by atoms with Crippen LogP contribution in [0.2, 0.25) is 0 Å². The molecule has 1 aliphatic heterocycles. The summed E-state index contributed by atoms with van der Waals surface area (Å²) < 4.78 is 0. The molecule has 2 atom stereocenters. The van der Waals surface area contributed by atoms with Crippen molar-refractivity contribution in [1.82, 2.24) is 9.97 Å². The third-order valence-corrected chi connectivity index (χ3v) is 6.27. The second kappa shape index (κ2) is 8.41. The fourth-order valence-corrected chi connectivity index (χ4v) is 4.71. The van der Waals surface area contributed by atoms with Gasteiger partial charge in [0, 0.05) is 24.4 Å². The molecule has 0 bridgehead atoms. The van der Waals surface area contributed by atoms with Gasteiger partial charge in [-0.1, -0.05) is 39.0 Å². The van der Waals surface area contributed by atoms with E-state index >= 15 is 0 Å². The van der Waals surface area contributed by atoms with E-state index in [1.807, 2.05) is 25.1 Å². The summed E-state index contributed by atoms with van der Waals surface area (Å²) in [5, 5.41) is 11.4. The number of aromatic hydroxyl groups is 1. The Morgan fingerprint density at radius 2 is 1.97 bits per heavy atom. The summed E-state index contributed by atoms with van der Waals surface area (Å²) in [5.74, 6) is 1.31. The van der Waals surface area contributed by atoms with Gasteiger partial charge in [-0.3, -0.25) is 4.79 Å². The number of para-hydroxylation sites is 1. The molecule has 0 saturated carbocycles. The van der Waals surface area contributed by atoms with Gasteiger partial charge in [0.05, 0.1) is 11.1 Å². The van der Waals surface area contributed by atoms with Crippen LogP contribution in [0.15, 0.2) is 42.5 Å². The highest BCUT2D eigenvalue weighted by Gasteiger charge is 2.36. The topological polar surface area (TPSA) is 92.3 Å². The van der Waals surface area contributed by atoms with E-state index < -0.39 is 0 Å². The fraction of sp³-hybridized carbons (Fsp3) is 0.423. The molecule has 6 nitrogen and oxygen atoms in total. The Bertz CT molecular complexity index is 1150. The van der Waals surface area contributed by atoms with Crippen LogP contribution in [-0.4, -0.2) is 34.1 Å². The molecule has 6 heteroatoms. The highest BCUT2D eigenvalue weighted by Crippen LogP contribution is 2.38. The number of carbonyl (C=O) groups excluding carboxylic acids is 1. The Morgan fingerprint density at radius 1 is 1.22 bits per heavy atom. The van der Waals surface area contributed by atoms with E-state index in [-0.39, 0.29) is 28.9 Å². The highest BCUT2D eigenvalue weighted by molar-refractivity contribution is 5.92. The van der Waals surface area contributed by atoms with Crippen LogP contribution in [0.5, 0.6) is 5.75 Å². The molecule has 1 fully saturated rings. The van der Waals surface area contributed by atoms with Crippen molar-refractivity contribution in [3.05, 3.63) is 48.0 Å². The van der Waals surface area contributed by atoms with Crippen LogP contribution in [-0.2, 0) is 4.79 Å². The number of nitrogens with zero attached hydrogens (tertiary/aromatic N) is 3. The van der Waals surface area contributed by atoms with Crippen molar-refractivity contribution in [1.29, 1.82) is 0 Å². The number of primary amides is 1. The van der Waals surface area contributed by atoms with E-state index in [0.717, 1.165) is 48.2 Å². The van der Waals surface area contributed by atoms with Crippen molar-refractivity contribution in [3.63, 3.8) is 0 Å². The monoisotopic (exact) mass is 432 g/mol. The third-order valence-electron chi connectivity index (χ3n) is 6.27. The van der Waals surface area contributed by atoms with Crippen molar-refractivity contribution in [2.75, 3.05) is 18.0 Å². The number of aryl methyl sites for hydroxylation is 1. The zero-order valence-electron chi connectivity index (χ0n) is 19.3. The van der Waals surface area contributed by atoms with Crippen LogP contribution < -0.4 is 10.6 Å². The Kier molecular flexibility index (Phi) is 5.80. The van der Waals surface area contributed by atoms with E-state index in [1.54, 1.807) is 12.1 Å². The normalized spacial score (nSPS) is 17.6. The molecular weight excluding hydrogens is 400 g/mol. The van der Waals surface area contributed by atoms with Gasteiger partial charge in [0.25, 0.3) is 0 Å². The van der Waals surface area contributed by atoms with Gasteiger partial charge in [0.1, 0.15) is 11.6 Å². The number of rotatable bonds is 5. The van der Waals surface area contributed by atoms with Crippen LogP contribution in [0.1, 0.15) is 39.2 Å². The number of hydrogen-bond acceptors (Lipinski definition) is 5. The van der Waals surface area contributed by atoms with Crippen molar-refractivity contribution in [3.8, 4) is 17.1 Å². The molecule has 1 aromatic heterocycles. The molecule has 1 unspecified atom stereocenters. The summed E-state index contributed by atoms with van der Waals surface area (Å²) in [7, 11) is 0. The lowest BCUT2D eigenvalue weighted by Crippen LogP contribution is -2.35. The molecule has 2 heterocycles. The number of amides is 1. The lowest BCUT2D eigenvalue weighted by molar-refractivity contribution is -0.124. The number of phenols is 1. The number of carbonyl (C=O) groups is 1. The van der Waals surface area contributed by atoms with E-state index in [1.165, 1.54) is 0 Å². The lowest BCUT2D eigenvalue weighted by Gasteiger charge is -2.28. The second-order valence-corrected chi connectivity index (χ2v) is 10.2. The zero-order chi connectivity index (χ0) is 23.0. The first kappa shape index (κ1) is 22.1. The number of phenolic OH excluding ortho intramolecular Hbond substituents is 1. The Hall–Kier alpha value is -3.15. The van der Waals surface area contributed by atoms with E-state index in [4.69, 9.17) is 15.7 Å². The largest absolute Gasteiger partial charge is 0.507 e. The van der Waals surface area contributed by atoms with Crippen molar-refractivity contribution in [2.45, 2.75) is 40.5 Å². The number of nitrogens with two attached hydrogens (primary N) is 1. The number of benzene rings is 2. The number of fused-ring (bicyclic) bond motifs is 1. The van der Waals surface area contributed by atoms with Gasteiger partial charge in [-0.2, -0.15) is 0 Å². The van der Waals surface area contributed by atoms with Crippen molar-refractivity contribution >= 4 is 22.6 Å². The Balaban J connectivity index is 1.74. The summed E-state index contributed by atoms with van der Waals surface area (Å²) in [6.45, 7) is 10.0. The molecule has 0 spiro atoms. The summed E-state index contributed by atoms with van der Waals surface area (Å²) in [6.07, 6.45) is 1.67. The van der Waals surface area contributed by atoms with E-state index in [9.17, 15) is 9.90 Å². The number of anilines is 1. The standard InChI is InChI=1S/C26H32N4O2/c1-16-9-10-18-21(13-16)28-24(19-7-5-6-8-22(19)31)29-25(18)30-12-11-17(15-30)20(23(27)32)14-26(2,3)4/h5-10,13,17,20,31H,11-12,14-15H2,1-4H3,(H2,27,32)/t17-,20?/m0/s1. The minimum Gasteiger partial charge on any atom is -0.507 e. The SMILES string of the molecule is Cc1ccc2c(N3CC[C@H](C(CC(C)(C)C)C(N)=O)C3)nc(-c3ccccc3O)nc2c1. The summed E-state index contributed by atoms with van der Waals surface area (Å²) in [4.78, 5) is 24.2. The quantitative estimate of drug-likeness (QED) is 0.611. The first-order valence-electron chi connectivity index (χ1n) is 11.2. The zero-order valence-corrected chi connectivity index (χ0v) is 19.3. The van der Waals surface area contributed by atoms with Crippen LogP contribution in [0.25, 0.3) is 22.3 Å². The summed E-state index contributed by atoms with van der Waals surface area (Å²) in [5.41, 5.74) is 8.42. The predicted octanol–water partition coefficient (Wildman–Crippen LogP) is 4.67. The predicted molar refractivity (Wildman–Crippen MR) is 128 cm³/mol. The van der Waals surface area contributed by atoms with Gasteiger partial charge in [-0.15, -0.1) is 0 Å². The van der Waals surface area contributed by atoms with Gasteiger partial charge >= 0.3 is 0 Å². The van der Waals surface area contributed by atoms with Crippen LogP contribution >= 0.6 is 0 Å². The highest BCUT2D eigenvalue weighted by atomic mass is 16.3. The van der Waals surface area contributed by atoms with E-state index in [0.29, 0.717) is 11.4 Å². The molecule has 1 amide bonds. The molecule has 3 N–H and O–H groups in total. The molecule has 1 aliphatic rings. The molecule has 1 saturated heterocycles. The van der Waals surface area contributed by atoms with Gasteiger partial charge in [-0.25, -0.2) is 9.97 Å². The second-order valence-electron chi connectivity index (χ2n) is 10.2. The Labute approximate surface area is 189 Å². The van der Waals surface area contributed by atoms with Gasteiger partial charge < -0.3 is 15.7 Å². The van der Waals surface area contributed by atoms with Crippen molar-refractivity contribution in [2.24, 2.45) is 23.0 Å². The maximum absolute atomic E-state index is 12.3. The van der Waals surface area contributed by atoms with E-state index in [2.05, 4.69) is 37.8 Å². The molecule has 32 heavy (non-hydrogen) atoms. The smallest absolute Gasteiger partial charge is 0.220 e.